The second-order valence-electron chi connectivity index (χ2n) is 17.5. The van der Waals surface area contributed by atoms with Crippen LogP contribution in [0.5, 0.6) is 23.0 Å². The van der Waals surface area contributed by atoms with E-state index in [1.165, 1.54) is 55.6 Å². The second kappa shape index (κ2) is 13.6. The molecule has 2 spiro atoms. The van der Waals surface area contributed by atoms with E-state index < -0.39 is 10.8 Å². The van der Waals surface area contributed by atoms with Gasteiger partial charge in [-0.3, -0.25) is 0 Å². The molecule has 65 heavy (non-hydrogen) atoms. The first kappa shape index (κ1) is 36.1. The van der Waals surface area contributed by atoms with E-state index in [-0.39, 0.29) is 0 Å². The van der Waals surface area contributed by atoms with Gasteiger partial charge in [-0.15, -0.1) is 0 Å². The van der Waals surface area contributed by atoms with E-state index in [2.05, 4.69) is 241 Å². The molecule has 0 bridgehead atoms. The molecule has 0 radical (unpaired) electrons. The molecule has 0 fully saturated rings. The largest absolute Gasteiger partial charge is 0.457 e. The van der Waals surface area contributed by atoms with Crippen molar-refractivity contribution in [2.24, 2.45) is 0 Å². The van der Waals surface area contributed by atoms with Gasteiger partial charge < -0.3 is 14.4 Å². The van der Waals surface area contributed by atoms with Crippen molar-refractivity contribution in [1.29, 1.82) is 0 Å². The number of hydrogen-bond donors (Lipinski definition) is 0. The summed E-state index contributed by atoms with van der Waals surface area (Å²) in [6, 6.07) is 86.2. The summed E-state index contributed by atoms with van der Waals surface area (Å²) in [6.45, 7) is 0. The topological polar surface area (TPSA) is 21.7 Å². The molecule has 14 rings (SSSR count). The lowest BCUT2D eigenvalue weighted by Gasteiger charge is -2.40. The summed E-state index contributed by atoms with van der Waals surface area (Å²) in [7, 11) is 0. The van der Waals surface area contributed by atoms with Gasteiger partial charge in [0.1, 0.15) is 23.0 Å². The average Bonchev–Trinajstić information content (AvgIpc) is 3.82. The first-order valence-electron chi connectivity index (χ1n) is 22.4. The van der Waals surface area contributed by atoms with Crippen molar-refractivity contribution in [3.05, 3.63) is 281 Å². The van der Waals surface area contributed by atoms with Crippen molar-refractivity contribution in [3.8, 4) is 56.4 Å². The van der Waals surface area contributed by atoms with Crippen LogP contribution in [0.3, 0.4) is 0 Å². The number of fused-ring (bicyclic) bond motifs is 18. The Morgan fingerprint density at radius 3 is 1.00 bits per heavy atom. The highest BCUT2D eigenvalue weighted by Gasteiger charge is 2.53. The third-order valence-electron chi connectivity index (χ3n) is 14.4. The monoisotopic (exact) mass is 829 g/mol. The lowest BCUT2D eigenvalue weighted by Crippen LogP contribution is -2.32. The van der Waals surface area contributed by atoms with Crippen molar-refractivity contribution in [1.82, 2.24) is 0 Å². The van der Waals surface area contributed by atoms with Gasteiger partial charge in [-0.2, -0.15) is 0 Å². The van der Waals surface area contributed by atoms with Crippen molar-refractivity contribution < 1.29 is 9.47 Å². The number of nitrogens with zero attached hydrogens (tertiary/aromatic N) is 1. The van der Waals surface area contributed by atoms with Gasteiger partial charge in [0.05, 0.1) is 10.8 Å². The van der Waals surface area contributed by atoms with Gasteiger partial charge in [-0.1, -0.05) is 176 Å². The Bertz CT molecular complexity index is 3280. The summed E-state index contributed by atoms with van der Waals surface area (Å²) in [6.07, 6.45) is 0. The van der Waals surface area contributed by atoms with Crippen LogP contribution in [0, 0.1) is 0 Å². The maximum absolute atomic E-state index is 6.71. The lowest BCUT2D eigenvalue weighted by atomic mass is 9.66. The Morgan fingerprint density at radius 2 is 0.569 bits per heavy atom. The van der Waals surface area contributed by atoms with Gasteiger partial charge in [-0.25, -0.2) is 0 Å². The second-order valence-corrected chi connectivity index (χ2v) is 17.5. The summed E-state index contributed by atoms with van der Waals surface area (Å²) in [4.78, 5) is 2.46. The maximum Gasteiger partial charge on any atom is 0.132 e. The molecule has 3 heteroatoms. The van der Waals surface area contributed by atoms with Crippen molar-refractivity contribution >= 4 is 17.1 Å². The standard InChI is InChI=1S/C62H39NO2/c1-2-16-40(17-3-1)41-30-32-42(33-31-41)63(43-34-36-47-45-18-4-6-20-49(45)61(55(47)38-43)51-22-8-12-26-57(51)64-58-27-13-9-23-52(58)61)44-35-37-48-46-19-5-7-21-50(46)62(56(48)39-44)53-24-10-14-28-59(53)65-60-29-15-11-25-54(60)62/h1-39H. The SMILES string of the molecule is c1ccc(-c2ccc(N(c3ccc4c(c3)C3(c5ccccc5Oc5ccccc53)c3ccccc3-4)c3ccc4c(c3)C3(c5ccccc5Oc5ccccc53)c3ccccc3-4)cc2)cc1. The molecule has 2 heterocycles. The van der Waals surface area contributed by atoms with Crippen molar-refractivity contribution in [2.45, 2.75) is 10.8 Å². The fourth-order valence-electron chi connectivity index (χ4n) is 11.8. The molecule has 0 N–H and O–H groups in total. The molecule has 0 saturated carbocycles. The van der Waals surface area contributed by atoms with E-state index in [9.17, 15) is 0 Å². The van der Waals surface area contributed by atoms with Gasteiger partial charge in [0.2, 0.25) is 0 Å². The zero-order valence-corrected chi connectivity index (χ0v) is 35.3. The average molecular weight is 830 g/mol. The summed E-state index contributed by atoms with van der Waals surface area (Å²) in [5, 5.41) is 0. The molecule has 2 aliphatic heterocycles. The number of benzene rings is 10. The molecule has 0 aromatic heterocycles. The smallest absolute Gasteiger partial charge is 0.132 e. The zero-order chi connectivity index (χ0) is 42.7. The van der Waals surface area contributed by atoms with Crippen LogP contribution in [-0.2, 0) is 10.8 Å². The van der Waals surface area contributed by atoms with E-state index in [1.54, 1.807) is 0 Å². The highest BCUT2D eigenvalue weighted by Crippen LogP contribution is 2.65. The molecule has 2 aliphatic carbocycles. The molecule has 4 aliphatic rings. The first-order chi connectivity index (χ1) is 32.2. The highest BCUT2D eigenvalue weighted by atomic mass is 16.5. The van der Waals surface area contributed by atoms with Crippen LogP contribution >= 0.6 is 0 Å². The molecule has 10 aromatic rings. The minimum Gasteiger partial charge on any atom is -0.457 e. The Labute approximate surface area is 378 Å². The third kappa shape index (κ3) is 4.84. The van der Waals surface area contributed by atoms with Gasteiger partial charge in [0.15, 0.2) is 0 Å². The highest BCUT2D eigenvalue weighted by molar-refractivity contribution is 5.94. The lowest BCUT2D eigenvalue weighted by molar-refractivity contribution is 0.436. The molecule has 0 amide bonds. The Morgan fingerprint density at radius 1 is 0.246 bits per heavy atom. The zero-order valence-electron chi connectivity index (χ0n) is 35.3. The number of ether oxygens (including phenoxy) is 2. The van der Waals surface area contributed by atoms with Crippen LogP contribution < -0.4 is 14.4 Å². The first-order valence-corrected chi connectivity index (χ1v) is 22.4. The molecule has 304 valence electrons. The molecular formula is C62H39NO2. The summed E-state index contributed by atoms with van der Waals surface area (Å²) >= 11 is 0. The van der Waals surface area contributed by atoms with Gasteiger partial charge >= 0.3 is 0 Å². The number of hydrogen-bond acceptors (Lipinski definition) is 3. The molecule has 0 atom stereocenters. The Hall–Kier alpha value is -8.40. The summed E-state index contributed by atoms with van der Waals surface area (Å²) in [5.41, 5.74) is 18.9. The Kier molecular flexibility index (Phi) is 7.53. The van der Waals surface area contributed by atoms with Crippen LogP contribution in [0.4, 0.5) is 17.1 Å². The van der Waals surface area contributed by atoms with Gasteiger partial charge in [-0.05, 0) is 116 Å². The van der Waals surface area contributed by atoms with Crippen LogP contribution in [0.15, 0.2) is 237 Å². The van der Waals surface area contributed by atoms with Crippen molar-refractivity contribution in [3.63, 3.8) is 0 Å². The molecule has 0 saturated heterocycles. The van der Waals surface area contributed by atoms with Gasteiger partial charge in [0, 0.05) is 39.3 Å². The summed E-state index contributed by atoms with van der Waals surface area (Å²) < 4.78 is 13.4. The minimum absolute atomic E-state index is 0.602. The van der Waals surface area contributed by atoms with E-state index in [1.807, 2.05) is 0 Å². The predicted octanol–water partition coefficient (Wildman–Crippen LogP) is 15.8. The quantitative estimate of drug-likeness (QED) is 0.176. The third-order valence-corrected chi connectivity index (χ3v) is 14.4. The van der Waals surface area contributed by atoms with Gasteiger partial charge in [0.25, 0.3) is 0 Å². The molecular weight excluding hydrogens is 791 g/mol. The summed E-state index contributed by atoms with van der Waals surface area (Å²) in [5.74, 6) is 3.53. The van der Waals surface area contributed by atoms with E-state index in [4.69, 9.17) is 9.47 Å². The number of anilines is 3. The van der Waals surface area contributed by atoms with Crippen LogP contribution in [0.25, 0.3) is 33.4 Å². The normalized spacial score (nSPS) is 14.3. The maximum atomic E-state index is 6.71. The predicted molar refractivity (Wildman–Crippen MR) is 261 cm³/mol. The van der Waals surface area contributed by atoms with E-state index in [0.717, 1.165) is 62.3 Å². The number of para-hydroxylation sites is 4. The fourth-order valence-corrected chi connectivity index (χ4v) is 11.8. The number of rotatable bonds is 4. The molecule has 10 aromatic carbocycles. The minimum atomic E-state index is -0.602. The van der Waals surface area contributed by atoms with E-state index in [0.29, 0.717) is 0 Å². The molecule has 0 unspecified atom stereocenters. The van der Waals surface area contributed by atoms with Crippen LogP contribution in [-0.4, -0.2) is 0 Å². The van der Waals surface area contributed by atoms with Crippen LogP contribution in [0.2, 0.25) is 0 Å². The van der Waals surface area contributed by atoms with Crippen LogP contribution in [0.1, 0.15) is 44.5 Å². The molecule has 3 nitrogen and oxygen atoms in total. The fraction of sp³-hybridized carbons (Fsp3) is 0.0323. The van der Waals surface area contributed by atoms with E-state index >= 15 is 0 Å². The van der Waals surface area contributed by atoms with Crippen molar-refractivity contribution in [2.75, 3.05) is 4.90 Å². The Balaban J connectivity index is 1.04.